The zero-order valence-corrected chi connectivity index (χ0v) is 7.57. The molecule has 3 N–H and O–H groups in total. The first-order chi connectivity index (χ1) is 5.66. The molecule has 0 amide bonds. The molecule has 68 valence electrons. The molecular weight excluding hydrogens is 152 g/mol. The van der Waals surface area contributed by atoms with Crippen molar-refractivity contribution in [2.75, 3.05) is 0 Å². The minimum absolute atomic E-state index is 0.269. The molecular formula is C9H16N2O. The number of aliphatic hydroxyl groups is 1. The number of hydrogen-bond donors (Lipinski definition) is 2. The average molecular weight is 168 g/mol. The van der Waals surface area contributed by atoms with Crippen LogP contribution in [0.25, 0.3) is 0 Å². The highest BCUT2D eigenvalue weighted by molar-refractivity contribution is 5.12. The van der Waals surface area contributed by atoms with E-state index in [4.69, 9.17) is 5.73 Å². The molecule has 0 saturated heterocycles. The van der Waals surface area contributed by atoms with Crippen molar-refractivity contribution < 1.29 is 5.11 Å². The van der Waals surface area contributed by atoms with Crippen molar-refractivity contribution in [2.24, 2.45) is 12.8 Å². The van der Waals surface area contributed by atoms with Crippen LogP contribution in [0.1, 0.15) is 25.1 Å². The van der Waals surface area contributed by atoms with Crippen molar-refractivity contribution in [3.8, 4) is 0 Å². The van der Waals surface area contributed by atoms with Gasteiger partial charge in [0.05, 0.1) is 12.1 Å². The predicted molar refractivity (Wildman–Crippen MR) is 48.6 cm³/mol. The second kappa shape index (κ2) is 3.74. The lowest BCUT2D eigenvalue weighted by Gasteiger charge is -2.17. The highest BCUT2D eigenvalue weighted by Gasteiger charge is 2.16. The van der Waals surface area contributed by atoms with Gasteiger partial charge in [-0.25, -0.2) is 0 Å². The lowest BCUT2D eigenvalue weighted by Crippen LogP contribution is -2.27. The van der Waals surface area contributed by atoms with Crippen molar-refractivity contribution in [2.45, 2.75) is 25.5 Å². The van der Waals surface area contributed by atoms with Gasteiger partial charge in [0, 0.05) is 18.9 Å². The molecule has 0 radical (unpaired) electrons. The van der Waals surface area contributed by atoms with Gasteiger partial charge in [-0.15, -0.1) is 0 Å². The zero-order valence-electron chi connectivity index (χ0n) is 7.57. The fourth-order valence-electron chi connectivity index (χ4n) is 1.27. The van der Waals surface area contributed by atoms with Gasteiger partial charge in [-0.1, -0.05) is 6.92 Å². The van der Waals surface area contributed by atoms with Crippen LogP contribution in [0.2, 0.25) is 0 Å². The summed E-state index contributed by atoms with van der Waals surface area (Å²) < 4.78 is 1.93. The van der Waals surface area contributed by atoms with Crippen molar-refractivity contribution >= 4 is 0 Å². The van der Waals surface area contributed by atoms with Gasteiger partial charge in [-0.2, -0.15) is 0 Å². The van der Waals surface area contributed by atoms with E-state index in [1.54, 1.807) is 0 Å². The summed E-state index contributed by atoms with van der Waals surface area (Å²) in [7, 11) is 1.93. The Bertz CT molecular complexity index is 244. The molecule has 0 aliphatic rings. The monoisotopic (exact) mass is 168 g/mol. The van der Waals surface area contributed by atoms with Gasteiger partial charge in [0.15, 0.2) is 0 Å². The van der Waals surface area contributed by atoms with Crippen LogP contribution in [0, 0.1) is 0 Å². The van der Waals surface area contributed by atoms with Gasteiger partial charge in [-0.05, 0) is 18.6 Å². The van der Waals surface area contributed by atoms with Crippen LogP contribution in [-0.4, -0.2) is 15.8 Å². The van der Waals surface area contributed by atoms with Crippen LogP contribution in [0.3, 0.4) is 0 Å². The van der Waals surface area contributed by atoms with E-state index in [1.165, 1.54) is 0 Å². The third kappa shape index (κ3) is 1.68. The summed E-state index contributed by atoms with van der Waals surface area (Å²) in [5, 5.41) is 9.48. The molecule has 0 bridgehead atoms. The molecule has 1 aromatic rings. The van der Waals surface area contributed by atoms with E-state index in [0.29, 0.717) is 6.42 Å². The second-order valence-corrected chi connectivity index (χ2v) is 3.05. The van der Waals surface area contributed by atoms with Crippen molar-refractivity contribution in [3.05, 3.63) is 24.0 Å². The standard InChI is InChI=1S/C9H16N2O/c1-3-8(12)9(10)7-5-4-6-11(7)2/h4-6,8-9,12H,3,10H2,1-2H3/t8-,9+/m1/s1. The largest absolute Gasteiger partial charge is 0.391 e. The number of aliphatic hydroxyl groups excluding tert-OH is 1. The molecule has 0 aromatic carbocycles. The average Bonchev–Trinajstić information content (AvgIpc) is 2.48. The Morgan fingerprint density at radius 1 is 1.67 bits per heavy atom. The maximum atomic E-state index is 9.48. The maximum absolute atomic E-state index is 9.48. The topological polar surface area (TPSA) is 51.2 Å². The maximum Gasteiger partial charge on any atom is 0.0744 e. The smallest absolute Gasteiger partial charge is 0.0744 e. The van der Waals surface area contributed by atoms with Crippen molar-refractivity contribution in [3.63, 3.8) is 0 Å². The molecule has 1 rings (SSSR count). The summed E-state index contributed by atoms with van der Waals surface area (Å²) in [6.07, 6.45) is 2.17. The Balaban J connectivity index is 2.77. The molecule has 0 aliphatic heterocycles. The number of aryl methyl sites for hydroxylation is 1. The Kier molecular flexibility index (Phi) is 2.89. The molecule has 2 atom stereocenters. The van der Waals surface area contributed by atoms with E-state index >= 15 is 0 Å². The Morgan fingerprint density at radius 3 is 2.75 bits per heavy atom. The summed E-state index contributed by atoms with van der Waals surface area (Å²) in [5.41, 5.74) is 6.80. The SMILES string of the molecule is CC[C@@H](O)[C@@H](N)c1cccn1C. The lowest BCUT2D eigenvalue weighted by atomic mass is 10.1. The number of nitrogens with two attached hydrogens (primary N) is 1. The molecule has 0 fully saturated rings. The van der Waals surface area contributed by atoms with Crippen LogP contribution in [0.4, 0.5) is 0 Å². The summed E-state index contributed by atoms with van der Waals surface area (Å²) >= 11 is 0. The van der Waals surface area contributed by atoms with Crippen LogP contribution < -0.4 is 5.73 Å². The van der Waals surface area contributed by atoms with Gasteiger partial charge in [0.1, 0.15) is 0 Å². The summed E-state index contributed by atoms with van der Waals surface area (Å²) in [5.74, 6) is 0. The molecule has 3 nitrogen and oxygen atoms in total. The van der Waals surface area contributed by atoms with E-state index in [-0.39, 0.29) is 6.04 Å². The van der Waals surface area contributed by atoms with Crippen LogP contribution in [-0.2, 0) is 7.05 Å². The number of nitrogens with zero attached hydrogens (tertiary/aromatic N) is 1. The molecule has 1 heterocycles. The normalized spacial score (nSPS) is 16.0. The highest BCUT2D eigenvalue weighted by Crippen LogP contribution is 2.15. The van der Waals surface area contributed by atoms with Gasteiger partial charge < -0.3 is 15.4 Å². The molecule has 0 spiro atoms. The molecule has 0 unspecified atom stereocenters. The molecule has 0 saturated carbocycles. The first-order valence-corrected chi connectivity index (χ1v) is 4.21. The van der Waals surface area contributed by atoms with E-state index in [2.05, 4.69) is 0 Å². The third-order valence-corrected chi connectivity index (χ3v) is 2.16. The fraction of sp³-hybridized carbons (Fsp3) is 0.556. The van der Waals surface area contributed by atoms with Crippen molar-refractivity contribution in [1.82, 2.24) is 4.57 Å². The molecule has 1 aromatic heterocycles. The zero-order chi connectivity index (χ0) is 9.14. The number of hydrogen-bond acceptors (Lipinski definition) is 2. The molecule has 12 heavy (non-hydrogen) atoms. The minimum Gasteiger partial charge on any atom is -0.391 e. The Morgan fingerprint density at radius 2 is 2.33 bits per heavy atom. The first-order valence-electron chi connectivity index (χ1n) is 4.21. The summed E-state index contributed by atoms with van der Waals surface area (Å²) in [4.78, 5) is 0. The van der Waals surface area contributed by atoms with Crippen LogP contribution in [0.5, 0.6) is 0 Å². The Hall–Kier alpha value is -0.800. The van der Waals surface area contributed by atoms with Gasteiger partial charge in [-0.3, -0.25) is 0 Å². The number of rotatable bonds is 3. The highest BCUT2D eigenvalue weighted by atomic mass is 16.3. The fourth-order valence-corrected chi connectivity index (χ4v) is 1.27. The predicted octanol–water partition coefficient (Wildman–Crippen LogP) is 0.796. The van der Waals surface area contributed by atoms with Crippen LogP contribution >= 0.6 is 0 Å². The quantitative estimate of drug-likeness (QED) is 0.701. The lowest BCUT2D eigenvalue weighted by molar-refractivity contribution is 0.138. The van der Waals surface area contributed by atoms with Gasteiger partial charge in [0.25, 0.3) is 0 Å². The summed E-state index contributed by atoms with van der Waals surface area (Å²) in [6, 6.07) is 3.59. The van der Waals surface area contributed by atoms with Gasteiger partial charge in [0.2, 0.25) is 0 Å². The molecule has 0 aliphatic carbocycles. The van der Waals surface area contributed by atoms with E-state index < -0.39 is 6.10 Å². The van der Waals surface area contributed by atoms with E-state index in [1.807, 2.05) is 36.9 Å². The second-order valence-electron chi connectivity index (χ2n) is 3.05. The third-order valence-electron chi connectivity index (χ3n) is 2.16. The number of aromatic nitrogens is 1. The van der Waals surface area contributed by atoms with Gasteiger partial charge >= 0.3 is 0 Å². The first kappa shape index (κ1) is 9.29. The van der Waals surface area contributed by atoms with Crippen molar-refractivity contribution in [1.29, 1.82) is 0 Å². The minimum atomic E-state index is -0.446. The van der Waals surface area contributed by atoms with Crippen LogP contribution in [0.15, 0.2) is 18.3 Å². The molecule has 3 heteroatoms. The van der Waals surface area contributed by atoms with E-state index in [0.717, 1.165) is 5.69 Å². The Labute approximate surface area is 72.8 Å². The summed E-state index contributed by atoms with van der Waals surface area (Å²) in [6.45, 7) is 1.92. The van der Waals surface area contributed by atoms with E-state index in [9.17, 15) is 5.11 Å².